The molecule has 0 aliphatic carbocycles. The average Bonchev–Trinajstić information content (AvgIpc) is 3.20. The number of H-pyrrole nitrogens is 1. The van der Waals surface area contributed by atoms with Crippen molar-refractivity contribution >= 4 is 23.3 Å². The first kappa shape index (κ1) is 20.7. The molecule has 4 heterocycles. The second kappa shape index (κ2) is 9.09. The standard InChI is InChI=1S/C21H24N6O4/c1-2-31-21(30)16-12-23-27-18(28)11-15(24-19(16)27)13-26-9-6-14(7-10-26)20(29)25-17-5-3-4-8-22-17/h3-5,8,11-12,14,23H,2,6-7,9-10,13H2,1H3,(H,22,25,29). The molecule has 31 heavy (non-hydrogen) atoms. The van der Waals surface area contributed by atoms with Crippen LogP contribution in [0.1, 0.15) is 35.8 Å². The third kappa shape index (κ3) is 4.64. The first-order chi connectivity index (χ1) is 15.0. The van der Waals surface area contributed by atoms with Gasteiger partial charge in [0.2, 0.25) is 5.91 Å². The van der Waals surface area contributed by atoms with E-state index < -0.39 is 5.97 Å². The number of carbonyl (C=O) groups excluding carboxylic acids is 2. The zero-order chi connectivity index (χ0) is 21.8. The summed E-state index contributed by atoms with van der Waals surface area (Å²) >= 11 is 0. The fourth-order valence-corrected chi connectivity index (χ4v) is 3.72. The SMILES string of the molecule is CCOC(=O)c1c[nH]n2c(=O)cc(CN3CCC(C(=O)Nc4ccccn4)CC3)nc12. The summed E-state index contributed by atoms with van der Waals surface area (Å²) in [5, 5.41) is 5.60. The van der Waals surface area contributed by atoms with Crippen molar-refractivity contribution in [2.75, 3.05) is 25.0 Å². The van der Waals surface area contributed by atoms with Crippen LogP contribution in [0, 0.1) is 5.92 Å². The van der Waals surface area contributed by atoms with Crippen molar-refractivity contribution in [3.8, 4) is 0 Å². The topological polar surface area (TPSA) is 122 Å². The molecule has 1 aliphatic rings. The van der Waals surface area contributed by atoms with Gasteiger partial charge in [-0.15, -0.1) is 0 Å². The Bertz CT molecular complexity index is 1130. The van der Waals surface area contributed by atoms with E-state index in [9.17, 15) is 14.4 Å². The number of pyridine rings is 1. The highest BCUT2D eigenvalue weighted by Crippen LogP contribution is 2.20. The molecular formula is C21H24N6O4. The van der Waals surface area contributed by atoms with Gasteiger partial charge in [-0.05, 0) is 45.0 Å². The van der Waals surface area contributed by atoms with E-state index in [4.69, 9.17) is 4.74 Å². The lowest BCUT2D eigenvalue weighted by molar-refractivity contribution is -0.121. The summed E-state index contributed by atoms with van der Waals surface area (Å²) in [6.45, 7) is 3.84. The van der Waals surface area contributed by atoms with Gasteiger partial charge in [0.25, 0.3) is 5.56 Å². The maximum absolute atomic E-state index is 12.5. The lowest BCUT2D eigenvalue weighted by Crippen LogP contribution is -2.38. The van der Waals surface area contributed by atoms with E-state index in [0.29, 0.717) is 44.0 Å². The first-order valence-corrected chi connectivity index (χ1v) is 10.3. The minimum absolute atomic E-state index is 0.0254. The Morgan fingerprint density at radius 2 is 2.10 bits per heavy atom. The number of piperidine rings is 1. The van der Waals surface area contributed by atoms with Gasteiger partial charge < -0.3 is 10.1 Å². The van der Waals surface area contributed by atoms with E-state index in [-0.39, 0.29) is 35.2 Å². The van der Waals surface area contributed by atoms with Crippen molar-refractivity contribution in [2.24, 2.45) is 5.92 Å². The zero-order valence-electron chi connectivity index (χ0n) is 17.2. The van der Waals surface area contributed by atoms with E-state index in [1.807, 2.05) is 6.07 Å². The molecule has 1 amide bonds. The van der Waals surface area contributed by atoms with Gasteiger partial charge in [-0.1, -0.05) is 6.07 Å². The number of anilines is 1. The molecule has 1 aliphatic heterocycles. The number of aromatic nitrogens is 4. The molecule has 0 atom stereocenters. The molecule has 2 N–H and O–H groups in total. The van der Waals surface area contributed by atoms with Gasteiger partial charge in [-0.2, -0.15) is 0 Å². The van der Waals surface area contributed by atoms with Crippen LogP contribution in [-0.2, 0) is 16.1 Å². The molecule has 10 heteroatoms. The Morgan fingerprint density at radius 3 is 2.81 bits per heavy atom. The minimum atomic E-state index is -0.523. The number of hydrogen-bond acceptors (Lipinski definition) is 7. The molecule has 0 spiro atoms. The second-order valence-corrected chi connectivity index (χ2v) is 7.41. The van der Waals surface area contributed by atoms with Crippen LogP contribution < -0.4 is 10.9 Å². The molecule has 10 nitrogen and oxygen atoms in total. The Morgan fingerprint density at radius 1 is 1.29 bits per heavy atom. The van der Waals surface area contributed by atoms with Gasteiger partial charge in [0, 0.05) is 30.9 Å². The summed E-state index contributed by atoms with van der Waals surface area (Å²) in [6.07, 6.45) is 4.48. The Hall–Kier alpha value is -3.53. The average molecular weight is 424 g/mol. The minimum Gasteiger partial charge on any atom is -0.462 e. The highest BCUT2D eigenvalue weighted by atomic mass is 16.5. The van der Waals surface area contributed by atoms with Gasteiger partial charge in [-0.25, -0.2) is 19.3 Å². The maximum Gasteiger partial charge on any atom is 0.343 e. The molecule has 0 unspecified atom stereocenters. The molecule has 0 radical (unpaired) electrons. The monoisotopic (exact) mass is 424 g/mol. The zero-order valence-corrected chi connectivity index (χ0v) is 17.2. The fourth-order valence-electron chi connectivity index (χ4n) is 3.72. The fraction of sp³-hybridized carbons (Fsp3) is 0.381. The normalized spacial score (nSPS) is 15.1. The predicted molar refractivity (Wildman–Crippen MR) is 113 cm³/mol. The maximum atomic E-state index is 12.5. The number of hydrogen-bond donors (Lipinski definition) is 2. The van der Waals surface area contributed by atoms with Crippen LogP contribution in [0.2, 0.25) is 0 Å². The van der Waals surface area contributed by atoms with E-state index in [1.54, 1.807) is 25.3 Å². The lowest BCUT2D eigenvalue weighted by Gasteiger charge is -2.30. The summed E-state index contributed by atoms with van der Waals surface area (Å²) in [7, 11) is 0. The summed E-state index contributed by atoms with van der Waals surface area (Å²) in [5.74, 6) is -0.0798. The quantitative estimate of drug-likeness (QED) is 0.574. The summed E-state index contributed by atoms with van der Waals surface area (Å²) in [4.78, 5) is 47.8. The predicted octanol–water partition coefficient (Wildman–Crippen LogP) is 1.44. The van der Waals surface area contributed by atoms with Crippen LogP contribution in [0.15, 0.2) is 41.5 Å². The molecule has 0 aromatic carbocycles. The highest BCUT2D eigenvalue weighted by Gasteiger charge is 2.26. The number of nitrogens with one attached hydrogen (secondary N) is 2. The van der Waals surface area contributed by atoms with Crippen LogP contribution in [0.5, 0.6) is 0 Å². The van der Waals surface area contributed by atoms with E-state index in [1.165, 1.54) is 16.8 Å². The molecule has 1 saturated heterocycles. The Labute approximate surface area is 178 Å². The van der Waals surface area contributed by atoms with Crippen molar-refractivity contribution in [1.29, 1.82) is 0 Å². The number of esters is 1. The molecule has 0 saturated carbocycles. The summed E-state index contributed by atoms with van der Waals surface area (Å²) < 4.78 is 6.26. The van der Waals surface area contributed by atoms with Gasteiger partial charge in [0.1, 0.15) is 11.4 Å². The third-order valence-corrected chi connectivity index (χ3v) is 5.31. The Balaban J connectivity index is 1.40. The number of nitrogens with zero attached hydrogens (tertiary/aromatic N) is 4. The molecule has 0 bridgehead atoms. The van der Waals surface area contributed by atoms with Crippen LogP contribution in [-0.4, -0.2) is 56.1 Å². The van der Waals surface area contributed by atoms with Crippen molar-refractivity contribution in [1.82, 2.24) is 24.5 Å². The first-order valence-electron chi connectivity index (χ1n) is 10.3. The van der Waals surface area contributed by atoms with Crippen molar-refractivity contribution in [3.63, 3.8) is 0 Å². The smallest absolute Gasteiger partial charge is 0.343 e. The van der Waals surface area contributed by atoms with Gasteiger partial charge in [-0.3, -0.25) is 19.6 Å². The number of likely N-dealkylation sites (tertiary alicyclic amines) is 1. The number of rotatable bonds is 6. The van der Waals surface area contributed by atoms with Crippen molar-refractivity contribution in [2.45, 2.75) is 26.3 Å². The van der Waals surface area contributed by atoms with Crippen LogP contribution in [0.3, 0.4) is 0 Å². The molecule has 1 fully saturated rings. The van der Waals surface area contributed by atoms with E-state index in [2.05, 4.69) is 25.3 Å². The lowest BCUT2D eigenvalue weighted by atomic mass is 9.96. The highest BCUT2D eigenvalue weighted by molar-refractivity contribution is 5.95. The van der Waals surface area contributed by atoms with Crippen LogP contribution in [0.4, 0.5) is 5.82 Å². The van der Waals surface area contributed by atoms with Crippen molar-refractivity contribution < 1.29 is 14.3 Å². The number of fused-ring (bicyclic) bond motifs is 1. The van der Waals surface area contributed by atoms with Crippen LogP contribution in [0.25, 0.3) is 5.65 Å². The van der Waals surface area contributed by atoms with Gasteiger partial charge in [0.05, 0.1) is 12.3 Å². The van der Waals surface area contributed by atoms with Gasteiger partial charge >= 0.3 is 5.97 Å². The van der Waals surface area contributed by atoms with E-state index in [0.717, 1.165) is 0 Å². The molecule has 162 valence electrons. The number of carbonyl (C=O) groups is 2. The largest absolute Gasteiger partial charge is 0.462 e. The number of ether oxygens (including phenoxy) is 1. The second-order valence-electron chi connectivity index (χ2n) is 7.41. The van der Waals surface area contributed by atoms with Crippen molar-refractivity contribution in [3.05, 3.63) is 58.3 Å². The molecular weight excluding hydrogens is 400 g/mol. The number of amides is 1. The summed E-state index contributed by atoms with van der Waals surface area (Å²) in [6, 6.07) is 6.85. The third-order valence-electron chi connectivity index (χ3n) is 5.31. The molecule has 3 aromatic heterocycles. The van der Waals surface area contributed by atoms with E-state index >= 15 is 0 Å². The Kier molecular flexibility index (Phi) is 6.08. The summed E-state index contributed by atoms with van der Waals surface area (Å²) in [5.41, 5.74) is 0.767. The molecule has 3 aromatic rings. The molecule has 4 rings (SSSR count). The van der Waals surface area contributed by atoms with Crippen LogP contribution >= 0.6 is 0 Å². The number of aromatic amines is 1. The van der Waals surface area contributed by atoms with Gasteiger partial charge in [0.15, 0.2) is 5.65 Å².